The zero-order valence-corrected chi connectivity index (χ0v) is 14.2. The molecule has 2 aromatic carbocycles. The molecule has 2 aromatic rings. The van der Waals surface area contributed by atoms with Gasteiger partial charge in [0.25, 0.3) is 0 Å². The number of amides is 2. The summed E-state index contributed by atoms with van der Waals surface area (Å²) in [5, 5.41) is 14.8. The van der Waals surface area contributed by atoms with Crippen LogP contribution in [0.25, 0.3) is 11.1 Å². The molecule has 3 rings (SSSR count). The van der Waals surface area contributed by atoms with Crippen LogP contribution in [0.15, 0.2) is 54.6 Å². The van der Waals surface area contributed by atoms with Crippen LogP contribution in [-0.4, -0.2) is 37.4 Å². The summed E-state index contributed by atoms with van der Waals surface area (Å²) in [6.45, 7) is 1.46. The summed E-state index contributed by atoms with van der Waals surface area (Å²) < 4.78 is 5.84. The van der Waals surface area contributed by atoms with E-state index in [-0.39, 0.29) is 18.1 Å². The topological polar surface area (TPSA) is 70.6 Å². The molecule has 0 aromatic heterocycles. The fourth-order valence-corrected chi connectivity index (χ4v) is 2.67. The van der Waals surface area contributed by atoms with Crippen molar-refractivity contribution in [2.45, 2.75) is 12.8 Å². The lowest BCUT2D eigenvalue weighted by atomic mass is 10.1. The van der Waals surface area contributed by atoms with Crippen LogP contribution < -0.4 is 15.4 Å². The second-order valence-electron chi connectivity index (χ2n) is 6.48. The maximum atomic E-state index is 11.8. The lowest BCUT2D eigenvalue weighted by Crippen LogP contribution is -2.41. The van der Waals surface area contributed by atoms with Crippen molar-refractivity contribution < 1.29 is 14.6 Å². The minimum atomic E-state index is -0.223. The van der Waals surface area contributed by atoms with E-state index in [2.05, 4.69) is 10.6 Å². The Hall–Kier alpha value is -2.53. The number of benzene rings is 2. The van der Waals surface area contributed by atoms with Crippen LogP contribution in [0, 0.1) is 5.41 Å². The molecule has 5 nitrogen and oxygen atoms in total. The maximum Gasteiger partial charge on any atom is 0.314 e. The molecule has 0 unspecified atom stereocenters. The van der Waals surface area contributed by atoms with Crippen molar-refractivity contribution >= 4 is 6.03 Å². The smallest absolute Gasteiger partial charge is 0.314 e. The number of aliphatic hydroxyl groups is 1. The summed E-state index contributed by atoms with van der Waals surface area (Å²) in [5.41, 5.74) is 2.05. The molecule has 0 aliphatic heterocycles. The van der Waals surface area contributed by atoms with Gasteiger partial charge in [-0.3, -0.25) is 0 Å². The number of urea groups is 1. The van der Waals surface area contributed by atoms with E-state index in [1.165, 1.54) is 0 Å². The predicted octanol–water partition coefficient (Wildman–Crippen LogP) is 2.80. The quantitative estimate of drug-likeness (QED) is 0.647. The fourth-order valence-electron chi connectivity index (χ4n) is 2.67. The van der Waals surface area contributed by atoms with Gasteiger partial charge in [-0.2, -0.15) is 0 Å². The van der Waals surface area contributed by atoms with Crippen molar-refractivity contribution in [2.24, 2.45) is 5.41 Å². The van der Waals surface area contributed by atoms with E-state index >= 15 is 0 Å². The highest BCUT2D eigenvalue weighted by Gasteiger charge is 2.42. The van der Waals surface area contributed by atoms with Crippen LogP contribution in [0.3, 0.4) is 0 Å². The van der Waals surface area contributed by atoms with Gasteiger partial charge in [0.1, 0.15) is 12.4 Å². The maximum absolute atomic E-state index is 11.8. The fraction of sp³-hybridized carbons (Fsp3) is 0.350. The van der Waals surface area contributed by atoms with E-state index in [4.69, 9.17) is 4.74 Å². The summed E-state index contributed by atoms with van der Waals surface area (Å²) in [4.78, 5) is 11.8. The molecule has 0 spiro atoms. The number of hydrogen-bond acceptors (Lipinski definition) is 3. The molecule has 25 heavy (non-hydrogen) atoms. The molecule has 132 valence electrons. The molecular formula is C20H24N2O3. The van der Waals surface area contributed by atoms with Crippen LogP contribution in [-0.2, 0) is 0 Å². The van der Waals surface area contributed by atoms with Gasteiger partial charge in [-0.1, -0.05) is 48.5 Å². The normalized spacial score (nSPS) is 14.6. The number of para-hydroxylation sites is 1. The van der Waals surface area contributed by atoms with Gasteiger partial charge < -0.3 is 20.5 Å². The Labute approximate surface area is 148 Å². The number of carbonyl (C=O) groups is 1. The number of ether oxygens (including phenoxy) is 1. The Kier molecular flexibility index (Phi) is 5.56. The lowest BCUT2D eigenvalue weighted by molar-refractivity contribution is 0.202. The van der Waals surface area contributed by atoms with Gasteiger partial charge in [0, 0.05) is 17.5 Å². The SMILES string of the molecule is O=C(NCCOc1ccccc1-c1ccccc1)NCC1(CO)CC1. The van der Waals surface area contributed by atoms with Crippen molar-refractivity contribution in [3.05, 3.63) is 54.6 Å². The summed E-state index contributed by atoms with van der Waals surface area (Å²) in [7, 11) is 0. The highest BCUT2D eigenvalue weighted by atomic mass is 16.5. The number of carbonyl (C=O) groups excluding carboxylic acids is 1. The van der Waals surface area contributed by atoms with Gasteiger partial charge in [-0.15, -0.1) is 0 Å². The molecule has 5 heteroatoms. The zero-order valence-electron chi connectivity index (χ0n) is 14.2. The molecule has 1 aliphatic rings. The van der Waals surface area contributed by atoms with Gasteiger partial charge in [-0.25, -0.2) is 4.79 Å². The van der Waals surface area contributed by atoms with Crippen LogP contribution >= 0.6 is 0 Å². The molecule has 0 atom stereocenters. The minimum Gasteiger partial charge on any atom is -0.491 e. The number of rotatable bonds is 8. The first-order valence-electron chi connectivity index (χ1n) is 8.62. The predicted molar refractivity (Wildman–Crippen MR) is 97.5 cm³/mol. The second-order valence-corrected chi connectivity index (χ2v) is 6.48. The largest absolute Gasteiger partial charge is 0.491 e. The first kappa shape index (κ1) is 17.3. The molecule has 0 bridgehead atoms. The van der Waals surface area contributed by atoms with Gasteiger partial charge in [0.05, 0.1) is 13.2 Å². The minimum absolute atomic E-state index is 0.0809. The molecule has 2 amide bonds. The Morgan fingerprint density at radius 2 is 1.76 bits per heavy atom. The van der Waals surface area contributed by atoms with E-state index in [9.17, 15) is 9.90 Å². The monoisotopic (exact) mass is 340 g/mol. The average molecular weight is 340 g/mol. The van der Waals surface area contributed by atoms with Crippen molar-refractivity contribution in [2.75, 3.05) is 26.3 Å². The van der Waals surface area contributed by atoms with Crippen LogP contribution in [0.5, 0.6) is 5.75 Å². The van der Waals surface area contributed by atoms with Crippen molar-refractivity contribution in [1.82, 2.24) is 10.6 Å². The van der Waals surface area contributed by atoms with Gasteiger partial charge in [0.15, 0.2) is 0 Å². The van der Waals surface area contributed by atoms with Crippen LogP contribution in [0.4, 0.5) is 4.79 Å². The van der Waals surface area contributed by atoms with Crippen molar-refractivity contribution in [3.63, 3.8) is 0 Å². The van der Waals surface area contributed by atoms with Gasteiger partial charge in [-0.05, 0) is 24.5 Å². The lowest BCUT2D eigenvalue weighted by Gasteiger charge is -2.14. The Morgan fingerprint density at radius 1 is 1.04 bits per heavy atom. The highest BCUT2D eigenvalue weighted by molar-refractivity contribution is 5.74. The number of nitrogens with one attached hydrogen (secondary N) is 2. The first-order valence-corrected chi connectivity index (χ1v) is 8.62. The molecule has 3 N–H and O–H groups in total. The summed E-state index contributed by atoms with van der Waals surface area (Å²) in [5.74, 6) is 0.799. The molecule has 1 fully saturated rings. The standard InChI is InChI=1S/C20H24N2O3/c23-15-20(10-11-20)14-22-19(24)21-12-13-25-18-9-5-4-8-17(18)16-6-2-1-3-7-16/h1-9,23H,10-15H2,(H2,21,22,24). The third-order valence-electron chi connectivity index (χ3n) is 4.53. The Morgan fingerprint density at radius 3 is 2.48 bits per heavy atom. The molecule has 1 saturated carbocycles. The highest BCUT2D eigenvalue weighted by Crippen LogP contribution is 2.44. The van der Waals surface area contributed by atoms with E-state index in [1.807, 2.05) is 54.6 Å². The zero-order chi connectivity index (χ0) is 17.5. The summed E-state index contributed by atoms with van der Waals surface area (Å²) in [6.07, 6.45) is 1.95. The molecule has 0 heterocycles. The molecule has 0 radical (unpaired) electrons. The average Bonchev–Trinajstić information content (AvgIpc) is 3.45. The summed E-state index contributed by atoms with van der Waals surface area (Å²) >= 11 is 0. The van der Waals surface area contributed by atoms with Gasteiger partial charge >= 0.3 is 6.03 Å². The second kappa shape index (κ2) is 8.03. The van der Waals surface area contributed by atoms with Crippen LogP contribution in [0.2, 0.25) is 0 Å². The van der Waals surface area contributed by atoms with E-state index in [1.54, 1.807) is 0 Å². The van der Waals surface area contributed by atoms with Crippen molar-refractivity contribution in [1.29, 1.82) is 0 Å². The summed E-state index contributed by atoms with van der Waals surface area (Å²) in [6, 6.07) is 17.7. The van der Waals surface area contributed by atoms with Crippen molar-refractivity contribution in [3.8, 4) is 16.9 Å². The Bertz CT molecular complexity index is 699. The van der Waals surface area contributed by atoms with E-state index in [0.29, 0.717) is 19.7 Å². The Balaban J connectivity index is 1.44. The molecule has 0 saturated heterocycles. The third kappa shape index (κ3) is 4.73. The number of aliphatic hydroxyl groups excluding tert-OH is 1. The van der Waals surface area contributed by atoms with E-state index in [0.717, 1.165) is 29.7 Å². The first-order chi connectivity index (χ1) is 12.2. The van der Waals surface area contributed by atoms with Gasteiger partial charge in [0.2, 0.25) is 0 Å². The molecule has 1 aliphatic carbocycles. The number of hydrogen-bond donors (Lipinski definition) is 3. The molecular weight excluding hydrogens is 316 g/mol. The van der Waals surface area contributed by atoms with Crippen LogP contribution in [0.1, 0.15) is 12.8 Å². The third-order valence-corrected chi connectivity index (χ3v) is 4.53. The van der Waals surface area contributed by atoms with E-state index < -0.39 is 0 Å².